The van der Waals surface area contributed by atoms with Gasteiger partial charge in [-0.05, 0) is 37.6 Å². The summed E-state index contributed by atoms with van der Waals surface area (Å²) in [6, 6.07) is 21.6. The summed E-state index contributed by atoms with van der Waals surface area (Å²) in [5.41, 5.74) is -0.837. The molecule has 1 spiro atoms. The van der Waals surface area contributed by atoms with Crippen molar-refractivity contribution in [2.45, 2.75) is 56.5 Å². The fourth-order valence-electron chi connectivity index (χ4n) is 7.23. The fraction of sp³-hybridized carbons (Fsp3) is 0.281. The van der Waals surface area contributed by atoms with Crippen molar-refractivity contribution in [3.05, 3.63) is 106 Å². The zero-order valence-corrected chi connectivity index (χ0v) is 23.4. The van der Waals surface area contributed by atoms with Gasteiger partial charge in [0, 0.05) is 12.0 Å². The van der Waals surface area contributed by atoms with Crippen molar-refractivity contribution in [2.75, 3.05) is 4.90 Å². The first-order valence-electron chi connectivity index (χ1n) is 14.2. The molecule has 43 heavy (non-hydrogen) atoms. The van der Waals surface area contributed by atoms with E-state index in [2.05, 4.69) is 5.32 Å². The van der Waals surface area contributed by atoms with Crippen molar-refractivity contribution in [1.82, 2.24) is 19.8 Å². The van der Waals surface area contributed by atoms with E-state index in [-0.39, 0.29) is 30.3 Å². The molecule has 0 saturated carbocycles. The van der Waals surface area contributed by atoms with Crippen LogP contribution in [-0.4, -0.2) is 44.6 Å². The molecule has 1 N–H and O–H groups in total. The lowest BCUT2D eigenvalue weighted by Crippen LogP contribution is -2.58. The van der Waals surface area contributed by atoms with E-state index in [0.29, 0.717) is 22.2 Å². The third-order valence-electron chi connectivity index (χ3n) is 9.07. The average Bonchev–Trinajstić information content (AvgIpc) is 3.33. The van der Waals surface area contributed by atoms with Crippen molar-refractivity contribution < 1.29 is 23.9 Å². The largest absolute Gasteiger partial charge is 0.444 e. The molecule has 2 fully saturated rings. The van der Waals surface area contributed by atoms with Crippen LogP contribution in [0.25, 0.3) is 10.9 Å². The molecular formula is C32H27N5O6. The van der Waals surface area contributed by atoms with E-state index < -0.39 is 41.6 Å². The number of rotatable bonds is 2. The molecule has 5 aliphatic heterocycles. The van der Waals surface area contributed by atoms with Crippen molar-refractivity contribution in [3.63, 3.8) is 0 Å². The predicted octanol–water partition coefficient (Wildman–Crippen LogP) is 3.27. The molecule has 0 radical (unpaired) electrons. The van der Waals surface area contributed by atoms with Crippen LogP contribution in [-0.2, 0) is 37.0 Å². The lowest BCUT2D eigenvalue weighted by Gasteiger charge is -2.42. The summed E-state index contributed by atoms with van der Waals surface area (Å²) in [5, 5.41) is 3.34. The summed E-state index contributed by atoms with van der Waals surface area (Å²) in [5.74, 6) is -0.448. The van der Waals surface area contributed by atoms with Gasteiger partial charge in [0.05, 0.1) is 16.6 Å². The topological polar surface area (TPSA) is 123 Å². The van der Waals surface area contributed by atoms with Crippen molar-refractivity contribution in [1.29, 1.82) is 0 Å². The van der Waals surface area contributed by atoms with Gasteiger partial charge < -0.3 is 14.8 Å². The van der Waals surface area contributed by atoms with E-state index in [0.717, 1.165) is 5.56 Å². The number of aromatic nitrogens is 2. The Labute approximate surface area is 245 Å². The molecule has 216 valence electrons. The smallest absolute Gasteiger partial charge is 0.412 e. The Morgan fingerprint density at radius 3 is 2.56 bits per heavy atom. The third kappa shape index (κ3) is 3.36. The molecular weight excluding hydrogens is 550 g/mol. The first-order valence-corrected chi connectivity index (χ1v) is 14.2. The maximum Gasteiger partial charge on any atom is 0.412 e. The van der Waals surface area contributed by atoms with E-state index in [1.54, 1.807) is 49.1 Å². The van der Waals surface area contributed by atoms with Gasteiger partial charge in [0.1, 0.15) is 30.5 Å². The number of amides is 3. The van der Waals surface area contributed by atoms with Crippen molar-refractivity contribution in [2.24, 2.45) is 0 Å². The molecule has 4 aromatic rings. The lowest BCUT2D eigenvalue weighted by molar-refractivity contribution is -0.191. The van der Waals surface area contributed by atoms with Crippen LogP contribution in [0.5, 0.6) is 0 Å². The van der Waals surface area contributed by atoms with Gasteiger partial charge in [0.2, 0.25) is 5.91 Å². The molecule has 3 aromatic carbocycles. The zero-order chi connectivity index (χ0) is 29.7. The SMILES string of the molecule is C[C@H]1C(=O)N2c3ccccc3[C@@]3(C[C@@H]4C(=O)N[C@@](C)(O3)c3nc5ccccc5c(=O)n34)[C@H]2N1C(=O)OCc1ccccc1. The highest BCUT2D eigenvalue weighted by atomic mass is 16.6. The minimum absolute atomic E-state index is 0.0162. The molecule has 3 amide bonds. The van der Waals surface area contributed by atoms with Gasteiger partial charge in [-0.2, -0.15) is 0 Å². The molecule has 1 aromatic heterocycles. The number of benzene rings is 3. The number of fused-ring (bicyclic) bond motifs is 5. The van der Waals surface area contributed by atoms with Crippen LogP contribution < -0.4 is 15.8 Å². The normalized spacial score (nSPS) is 28.5. The maximum atomic E-state index is 13.9. The summed E-state index contributed by atoms with van der Waals surface area (Å²) in [6.07, 6.45) is -1.70. The number of carbonyl (C=O) groups is 3. The second kappa shape index (κ2) is 8.74. The summed E-state index contributed by atoms with van der Waals surface area (Å²) in [4.78, 5) is 63.1. The van der Waals surface area contributed by atoms with E-state index in [4.69, 9.17) is 14.5 Å². The van der Waals surface area contributed by atoms with Gasteiger partial charge in [-0.25, -0.2) is 9.78 Å². The predicted molar refractivity (Wildman–Crippen MR) is 154 cm³/mol. The van der Waals surface area contributed by atoms with Gasteiger partial charge in [0.25, 0.3) is 11.5 Å². The quantitative estimate of drug-likeness (QED) is 0.388. The summed E-state index contributed by atoms with van der Waals surface area (Å²) in [7, 11) is 0. The van der Waals surface area contributed by atoms with Crippen LogP contribution in [0.15, 0.2) is 83.7 Å². The van der Waals surface area contributed by atoms with Gasteiger partial charge >= 0.3 is 6.09 Å². The molecule has 6 heterocycles. The Hall–Kier alpha value is -5.03. The monoisotopic (exact) mass is 577 g/mol. The zero-order valence-electron chi connectivity index (χ0n) is 23.4. The van der Waals surface area contributed by atoms with Crippen LogP contribution in [0.4, 0.5) is 10.5 Å². The number of anilines is 1. The lowest BCUT2D eigenvalue weighted by atomic mass is 9.85. The second-order valence-electron chi connectivity index (χ2n) is 11.6. The Kier molecular flexibility index (Phi) is 5.22. The number of hydrogen-bond acceptors (Lipinski definition) is 7. The average molecular weight is 578 g/mol. The molecule has 0 unspecified atom stereocenters. The van der Waals surface area contributed by atoms with Crippen LogP contribution in [0.2, 0.25) is 0 Å². The highest BCUT2D eigenvalue weighted by Crippen LogP contribution is 2.58. The van der Waals surface area contributed by atoms with E-state index in [1.807, 2.05) is 48.5 Å². The molecule has 11 nitrogen and oxygen atoms in total. The molecule has 5 aliphatic rings. The number of nitrogens with one attached hydrogen (secondary N) is 1. The van der Waals surface area contributed by atoms with E-state index in [1.165, 1.54) is 9.47 Å². The number of carbonyl (C=O) groups excluding carboxylic acids is 3. The Morgan fingerprint density at radius 2 is 1.74 bits per heavy atom. The number of nitrogens with zero attached hydrogens (tertiary/aromatic N) is 4. The standard InChI is InChI=1S/C32H27N5O6/c1-18-26(39)37-23-15-9-7-13-21(23)32(29(37)35(18)30(41)42-17-19-10-4-3-5-11-19)16-24-25(38)34-31(2,43-32)28-33-22-14-8-6-12-20(22)27(40)36(24)28/h3-15,18,24,29H,16-17H2,1-2H3,(H,34,38)/t18-,24+,29-,31-,32-/m0/s1. The Balaban J connectivity index is 1.30. The first kappa shape index (κ1) is 25.7. The fourth-order valence-corrected chi connectivity index (χ4v) is 7.23. The molecule has 2 saturated heterocycles. The van der Waals surface area contributed by atoms with E-state index in [9.17, 15) is 19.2 Å². The molecule has 5 atom stereocenters. The first-order chi connectivity index (χ1) is 20.7. The summed E-state index contributed by atoms with van der Waals surface area (Å²) < 4.78 is 14.2. The van der Waals surface area contributed by atoms with Crippen LogP contribution in [0, 0.1) is 0 Å². The number of ether oxygens (including phenoxy) is 2. The van der Waals surface area contributed by atoms with Crippen LogP contribution >= 0.6 is 0 Å². The van der Waals surface area contributed by atoms with Crippen LogP contribution in [0.3, 0.4) is 0 Å². The number of para-hydroxylation sites is 2. The minimum atomic E-state index is -1.56. The van der Waals surface area contributed by atoms with Gasteiger partial charge in [-0.15, -0.1) is 0 Å². The minimum Gasteiger partial charge on any atom is -0.444 e. The molecule has 2 bridgehead atoms. The molecule has 11 heteroatoms. The van der Waals surface area contributed by atoms with Gasteiger partial charge in [-0.3, -0.25) is 28.8 Å². The van der Waals surface area contributed by atoms with Crippen molar-refractivity contribution >= 4 is 34.5 Å². The summed E-state index contributed by atoms with van der Waals surface area (Å²) in [6.45, 7) is 3.33. The molecule has 0 aliphatic carbocycles. The van der Waals surface area contributed by atoms with Crippen LogP contribution in [0.1, 0.15) is 43.3 Å². The highest BCUT2D eigenvalue weighted by Gasteiger charge is 2.69. The second-order valence-corrected chi connectivity index (χ2v) is 11.6. The molecule has 9 rings (SSSR count). The number of hydrogen-bond donors (Lipinski definition) is 1. The Bertz CT molecular complexity index is 1930. The van der Waals surface area contributed by atoms with Gasteiger partial charge in [-0.1, -0.05) is 60.7 Å². The van der Waals surface area contributed by atoms with E-state index >= 15 is 0 Å². The maximum absolute atomic E-state index is 13.9. The van der Waals surface area contributed by atoms with Crippen molar-refractivity contribution in [3.8, 4) is 0 Å². The van der Waals surface area contributed by atoms with Gasteiger partial charge in [0.15, 0.2) is 11.5 Å². The Morgan fingerprint density at radius 1 is 1.02 bits per heavy atom. The summed E-state index contributed by atoms with van der Waals surface area (Å²) >= 11 is 0. The third-order valence-corrected chi connectivity index (χ3v) is 9.07. The highest BCUT2D eigenvalue weighted by molar-refractivity contribution is 6.05.